The zero-order chi connectivity index (χ0) is 26.9. The van der Waals surface area contributed by atoms with Gasteiger partial charge in [-0.3, -0.25) is 19.4 Å². The van der Waals surface area contributed by atoms with Crippen LogP contribution in [0.4, 0.5) is 4.39 Å². The van der Waals surface area contributed by atoms with Crippen LogP contribution in [0.5, 0.6) is 0 Å². The third-order valence-corrected chi connectivity index (χ3v) is 6.71. The number of nitrogens with zero attached hydrogens (tertiary/aromatic N) is 2. The summed E-state index contributed by atoms with van der Waals surface area (Å²) in [6.07, 6.45) is 7.96. The number of carbonyl (C=O) groups is 3. The lowest BCUT2D eigenvalue weighted by atomic mass is 9.96. The molecule has 200 valence electrons. The topological polar surface area (TPSA) is 124 Å². The smallest absolute Gasteiger partial charge is 0.255 e. The number of hydrogen-bond acceptors (Lipinski definition) is 6. The van der Waals surface area contributed by atoms with Crippen LogP contribution in [0.3, 0.4) is 0 Å². The highest BCUT2D eigenvalue weighted by Gasteiger charge is 2.35. The van der Waals surface area contributed by atoms with Gasteiger partial charge in [-0.05, 0) is 63.3 Å². The van der Waals surface area contributed by atoms with Crippen molar-refractivity contribution in [3.63, 3.8) is 0 Å². The summed E-state index contributed by atoms with van der Waals surface area (Å²) in [5.41, 5.74) is 1.12. The number of aromatic nitrogens is 1. The van der Waals surface area contributed by atoms with Crippen LogP contribution in [0, 0.1) is 0 Å². The fourth-order valence-electron chi connectivity index (χ4n) is 4.52. The van der Waals surface area contributed by atoms with Gasteiger partial charge in [0.15, 0.2) is 0 Å². The summed E-state index contributed by atoms with van der Waals surface area (Å²) in [7, 11) is 0. The van der Waals surface area contributed by atoms with E-state index in [0.717, 1.165) is 12.8 Å². The molecule has 0 bridgehead atoms. The van der Waals surface area contributed by atoms with E-state index in [-0.39, 0.29) is 36.3 Å². The Kier molecular flexibility index (Phi) is 10.1. The quantitative estimate of drug-likeness (QED) is 0.355. The van der Waals surface area contributed by atoms with Gasteiger partial charge in [-0.1, -0.05) is 12.7 Å². The van der Waals surface area contributed by atoms with Crippen molar-refractivity contribution in [2.24, 2.45) is 0 Å². The number of halogens is 1. The van der Waals surface area contributed by atoms with Gasteiger partial charge < -0.3 is 26.0 Å². The minimum absolute atomic E-state index is 0.122. The van der Waals surface area contributed by atoms with Gasteiger partial charge in [0, 0.05) is 38.1 Å². The number of carbonyl (C=O) groups excluding carboxylic acids is 3. The van der Waals surface area contributed by atoms with E-state index < -0.39 is 29.9 Å². The number of piperazine rings is 1. The first-order valence-electron chi connectivity index (χ1n) is 12.6. The van der Waals surface area contributed by atoms with Crippen molar-refractivity contribution in [2.45, 2.75) is 63.8 Å². The molecule has 2 aliphatic rings. The largest absolute Gasteiger partial charge is 0.389 e. The zero-order valence-electron chi connectivity index (χ0n) is 21.4. The molecule has 2 saturated heterocycles. The van der Waals surface area contributed by atoms with Gasteiger partial charge in [0.2, 0.25) is 5.91 Å². The summed E-state index contributed by atoms with van der Waals surface area (Å²) in [5, 5.41) is 19.4. The molecule has 9 nitrogen and oxygen atoms in total. The van der Waals surface area contributed by atoms with Crippen molar-refractivity contribution in [2.75, 3.05) is 19.6 Å². The highest BCUT2D eigenvalue weighted by Crippen LogP contribution is 2.20. The van der Waals surface area contributed by atoms with Crippen LogP contribution >= 0.6 is 0 Å². The molecule has 0 spiro atoms. The van der Waals surface area contributed by atoms with Gasteiger partial charge >= 0.3 is 0 Å². The van der Waals surface area contributed by atoms with Gasteiger partial charge in [-0.25, -0.2) is 4.39 Å². The monoisotopic (exact) mass is 513 g/mol. The van der Waals surface area contributed by atoms with E-state index in [1.54, 1.807) is 11.8 Å². The number of rotatable bonds is 10. The maximum Gasteiger partial charge on any atom is 0.255 e. The highest BCUT2D eigenvalue weighted by molar-refractivity contribution is 5.99. The molecule has 1 aromatic rings. The number of amides is 3. The predicted octanol–water partition coefficient (Wildman–Crippen LogP) is 2.02. The number of allylic oxidation sites excluding steroid dienone is 5. The normalized spacial score (nSPS) is 22.3. The first-order valence-corrected chi connectivity index (χ1v) is 12.6. The van der Waals surface area contributed by atoms with Crippen LogP contribution in [0.1, 0.15) is 60.2 Å². The lowest BCUT2D eigenvalue weighted by Gasteiger charge is -2.32. The lowest BCUT2D eigenvalue weighted by Crippen LogP contribution is -2.62. The fourth-order valence-corrected chi connectivity index (χ4v) is 4.52. The summed E-state index contributed by atoms with van der Waals surface area (Å²) >= 11 is 0. The Balaban J connectivity index is 1.76. The molecule has 3 amide bonds. The molecule has 2 aliphatic heterocycles. The Bertz CT molecular complexity index is 1070. The number of aliphatic hydroxyl groups excluding tert-OH is 1. The Morgan fingerprint density at radius 3 is 2.78 bits per heavy atom. The molecule has 3 rings (SSSR count). The van der Waals surface area contributed by atoms with E-state index in [1.165, 1.54) is 36.7 Å². The Morgan fingerprint density at radius 2 is 2.11 bits per heavy atom. The van der Waals surface area contributed by atoms with Crippen LogP contribution in [-0.4, -0.2) is 76.6 Å². The van der Waals surface area contributed by atoms with Crippen LogP contribution in [-0.2, 0) is 4.79 Å². The SMILES string of the molecule is C=C/C(C)=C\C(F)=C/CCC(NC(=O)c1cncc(C(=O)N2CCC[C@@H]2C)c1)C(O)C1NCCNC1=O. The number of aliphatic hydroxyl groups is 1. The maximum atomic E-state index is 14.2. The number of likely N-dealkylation sites (tertiary alicyclic amines) is 1. The molecule has 4 atom stereocenters. The standard InChI is InChI=1S/C27H36FN5O4/c1-4-17(2)13-21(28)8-5-9-22(24(34)23-26(36)31-11-10-30-23)32-25(35)19-14-20(16-29-15-19)27(37)33-12-6-7-18(33)3/h4,8,13-16,18,22-24,30,34H,1,5-7,9-12H2,2-3H3,(H,31,36)(H,32,35)/b17-13-,21-8+/t18-,22?,23?,24?/m0/s1. The third kappa shape index (κ3) is 7.56. The third-order valence-electron chi connectivity index (χ3n) is 6.71. The van der Waals surface area contributed by atoms with E-state index in [1.807, 2.05) is 6.92 Å². The molecule has 1 aromatic heterocycles. The number of pyridine rings is 1. The Labute approximate surface area is 216 Å². The van der Waals surface area contributed by atoms with Gasteiger partial charge in [0.25, 0.3) is 11.8 Å². The molecule has 0 aliphatic carbocycles. The number of hydrogen-bond donors (Lipinski definition) is 4. The van der Waals surface area contributed by atoms with E-state index in [9.17, 15) is 23.9 Å². The van der Waals surface area contributed by atoms with Gasteiger partial charge in [0.05, 0.1) is 23.3 Å². The molecule has 0 radical (unpaired) electrons. The van der Waals surface area contributed by atoms with Crippen molar-refractivity contribution in [3.05, 3.63) is 65.8 Å². The van der Waals surface area contributed by atoms with Crippen molar-refractivity contribution >= 4 is 17.7 Å². The molecule has 10 heteroatoms. The second-order valence-corrected chi connectivity index (χ2v) is 9.50. The second-order valence-electron chi connectivity index (χ2n) is 9.50. The van der Waals surface area contributed by atoms with Crippen LogP contribution < -0.4 is 16.0 Å². The van der Waals surface area contributed by atoms with Crippen LogP contribution in [0.15, 0.2) is 54.7 Å². The molecule has 0 saturated carbocycles. The lowest BCUT2D eigenvalue weighted by molar-refractivity contribution is -0.127. The molecule has 3 heterocycles. The first kappa shape index (κ1) is 28.2. The molecular weight excluding hydrogens is 477 g/mol. The fraction of sp³-hybridized carbons (Fsp3) is 0.481. The first-order chi connectivity index (χ1) is 17.7. The number of nitrogens with one attached hydrogen (secondary N) is 3. The van der Waals surface area contributed by atoms with E-state index >= 15 is 0 Å². The van der Waals surface area contributed by atoms with Gasteiger partial charge in [0.1, 0.15) is 11.9 Å². The Hall–Kier alpha value is -3.37. The summed E-state index contributed by atoms with van der Waals surface area (Å²) in [6.45, 7) is 8.86. The average Bonchev–Trinajstić information content (AvgIpc) is 3.33. The second kappa shape index (κ2) is 13.3. The van der Waals surface area contributed by atoms with Crippen molar-refractivity contribution in [1.82, 2.24) is 25.8 Å². The highest BCUT2D eigenvalue weighted by atomic mass is 19.1. The van der Waals surface area contributed by atoms with Gasteiger partial charge in [-0.2, -0.15) is 0 Å². The van der Waals surface area contributed by atoms with E-state index in [4.69, 9.17) is 0 Å². The summed E-state index contributed by atoms with van der Waals surface area (Å²) in [4.78, 5) is 44.2. The molecule has 4 N–H and O–H groups in total. The van der Waals surface area contributed by atoms with E-state index in [2.05, 4.69) is 27.5 Å². The summed E-state index contributed by atoms with van der Waals surface area (Å²) < 4.78 is 14.2. The van der Waals surface area contributed by atoms with E-state index in [0.29, 0.717) is 30.8 Å². The summed E-state index contributed by atoms with van der Waals surface area (Å²) in [5.74, 6) is -1.57. The van der Waals surface area contributed by atoms with Crippen molar-refractivity contribution in [1.29, 1.82) is 0 Å². The molecular formula is C27H36FN5O4. The average molecular weight is 514 g/mol. The predicted molar refractivity (Wildman–Crippen MR) is 138 cm³/mol. The van der Waals surface area contributed by atoms with Crippen LogP contribution in [0.2, 0.25) is 0 Å². The molecule has 0 aromatic carbocycles. The van der Waals surface area contributed by atoms with Gasteiger partial charge in [-0.15, -0.1) is 0 Å². The molecule has 2 fully saturated rings. The summed E-state index contributed by atoms with van der Waals surface area (Å²) in [6, 6.07) is -0.205. The Morgan fingerprint density at radius 1 is 1.35 bits per heavy atom. The van der Waals surface area contributed by atoms with Crippen molar-refractivity contribution < 1.29 is 23.9 Å². The molecule has 3 unspecified atom stereocenters. The minimum atomic E-state index is -1.27. The maximum absolute atomic E-state index is 14.2. The van der Waals surface area contributed by atoms with Crippen LogP contribution in [0.25, 0.3) is 0 Å². The molecule has 37 heavy (non-hydrogen) atoms. The minimum Gasteiger partial charge on any atom is -0.389 e. The van der Waals surface area contributed by atoms with Crippen molar-refractivity contribution in [3.8, 4) is 0 Å². The zero-order valence-corrected chi connectivity index (χ0v) is 21.4.